The molecule has 0 spiro atoms. The summed E-state index contributed by atoms with van der Waals surface area (Å²) in [6.45, 7) is 6.82. The van der Waals surface area contributed by atoms with E-state index in [0.29, 0.717) is 12.8 Å². The molecule has 1 unspecified atom stereocenters. The van der Waals surface area contributed by atoms with Crippen molar-refractivity contribution >= 4 is 24.8 Å². The van der Waals surface area contributed by atoms with E-state index in [4.69, 9.17) is 9.16 Å². The van der Waals surface area contributed by atoms with Crippen LogP contribution in [0, 0.1) is 5.82 Å². The first-order valence-electron chi connectivity index (χ1n) is 14.9. The summed E-state index contributed by atoms with van der Waals surface area (Å²) in [7, 11) is -2.75. The molecule has 0 amide bonds. The van der Waals surface area contributed by atoms with Crippen molar-refractivity contribution in [3.05, 3.63) is 138 Å². The lowest BCUT2D eigenvalue weighted by Gasteiger charge is -2.46. The average molecular weight is 581 g/mol. The molecule has 0 bridgehead atoms. The number of hydrogen-bond acceptors (Lipinski definition) is 3. The molecule has 4 aromatic rings. The SMILES string of the molecule is CC(C)(C)[Si](O[C@H]1CC(O)O[C@H](C=Cc2ccccc2CCc2ccc(F)cc2)C1)(c1ccccc1)c1ccccc1. The summed E-state index contributed by atoms with van der Waals surface area (Å²) in [5, 5.41) is 13.1. The molecule has 1 N–H and O–H groups in total. The van der Waals surface area contributed by atoms with E-state index in [1.54, 1.807) is 0 Å². The molecule has 1 heterocycles. The Hall–Kier alpha value is -3.35. The summed E-state index contributed by atoms with van der Waals surface area (Å²) in [6, 6.07) is 36.3. The van der Waals surface area contributed by atoms with Gasteiger partial charge in [-0.25, -0.2) is 4.39 Å². The lowest BCUT2D eigenvalue weighted by molar-refractivity contribution is -0.172. The number of aliphatic hydroxyl groups is 1. The molecule has 3 nitrogen and oxygen atoms in total. The molecule has 0 saturated carbocycles. The molecule has 1 aliphatic heterocycles. The Morgan fingerprint density at radius 3 is 2.02 bits per heavy atom. The lowest BCUT2D eigenvalue weighted by Crippen LogP contribution is -2.68. The molecule has 1 aliphatic rings. The van der Waals surface area contributed by atoms with Crippen LogP contribution < -0.4 is 10.4 Å². The molecule has 4 aromatic carbocycles. The van der Waals surface area contributed by atoms with Gasteiger partial charge in [-0.3, -0.25) is 0 Å². The molecule has 0 aromatic heterocycles. The van der Waals surface area contributed by atoms with E-state index in [1.807, 2.05) is 36.4 Å². The number of rotatable bonds is 9. The maximum absolute atomic E-state index is 13.3. The van der Waals surface area contributed by atoms with E-state index in [1.165, 1.54) is 28.1 Å². The fraction of sp³-hybridized carbons (Fsp3) is 0.297. The van der Waals surface area contributed by atoms with Gasteiger partial charge in [-0.2, -0.15) is 0 Å². The van der Waals surface area contributed by atoms with E-state index in [2.05, 4.69) is 93.6 Å². The van der Waals surface area contributed by atoms with Crippen LogP contribution in [0.15, 0.2) is 115 Å². The van der Waals surface area contributed by atoms with Gasteiger partial charge in [0.15, 0.2) is 6.29 Å². The van der Waals surface area contributed by atoms with Crippen LogP contribution in [-0.2, 0) is 22.0 Å². The third kappa shape index (κ3) is 6.99. The highest BCUT2D eigenvalue weighted by atomic mass is 28.4. The van der Waals surface area contributed by atoms with E-state index < -0.39 is 14.6 Å². The van der Waals surface area contributed by atoms with Crippen LogP contribution in [0.1, 0.15) is 50.3 Å². The second-order valence-corrected chi connectivity index (χ2v) is 16.4. The van der Waals surface area contributed by atoms with Crippen LogP contribution in [0.25, 0.3) is 6.08 Å². The van der Waals surface area contributed by atoms with Gasteiger partial charge in [0.25, 0.3) is 8.32 Å². The minimum Gasteiger partial charge on any atom is -0.404 e. The molecule has 1 saturated heterocycles. The van der Waals surface area contributed by atoms with Gasteiger partial charge in [-0.15, -0.1) is 0 Å². The van der Waals surface area contributed by atoms with Crippen molar-refractivity contribution in [2.45, 2.75) is 70.0 Å². The lowest BCUT2D eigenvalue weighted by atomic mass is 9.98. The fourth-order valence-corrected chi connectivity index (χ4v) is 10.8. The van der Waals surface area contributed by atoms with E-state index in [0.717, 1.165) is 24.0 Å². The molecule has 1 fully saturated rings. The fourth-order valence-electron chi connectivity index (χ4n) is 6.12. The van der Waals surface area contributed by atoms with Crippen LogP contribution in [0.5, 0.6) is 0 Å². The van der Waals surface area contributed by atoms with Gasteiger partial charge in [0.05, 0.1) is 12.2 Å². The Bertz CT molecular complexity index is 1410. The summed E-state index contributed by atoms with van der Waals surface area (Å²) in [5.74, 6) is -0.214. The monoisotopic (exact) mass is 580 g/mol. The Balaban J connectivity index is 1.37. The predicted octanol–water partition coefficient (Wildman–Crippen LogP) is 7.07. The van der Waals surface area contributed by atoms with Crippen LogP contribution in [0.3, 0.4) is 0 Å². The van der Waals surface area contributed by atoms with E-state index >= 15 is 0 Å². The van der Waals surface area contributed by atoms with Crippen molar-refractivity contribution in [3.63, 3.8) is 0 Å². The number of aliphatic hydroxyl groups excluding tert-OH is 1. The minimum absolute atomic E-state index is 0.145. The highest BCUT2D eigenvalue weighted by Gasteiger charge is 2.52. The van der Waals surface area contributed by atoms with E-state index in [-0.39, 0.29) is 23.1 Å². The van der Waals surface area contributed by atoms with Crippen molar-refractivity contribution in [2.75, 3.05) is 0 Å². The maximum atomic E-state index is 13.3. The summed E-state index contributed by atoms with van der Waals surface area (Å²) in [6.07, 6.45) is 5.59. The second-order valence-electron chi connectivity index (χ2n) is 12.2. The first-order chi connectivity index (χ1) is 20.2. The molecule has 42 heavy (non-hydrogen) atoms. The molecule has 218 valence electrons. The van der Waals surface area contributed by atoms with Gasteiger partial charge >= 0.3 is 0 Å². The standard InChI is InChI=1S/C37H41FO3Si/c1-37(2,3)42(34-14-6-4-7-15-34,35-16-8-5-9-17-35)41-33-26-32(40-36(39)27-33)25-22-30-13-11-10-12-29(30)21-18-28-19-23-31(38)24-20-28/h4-17,19-20,22-25,32-33,36,39H,18,21,26-27H2,1-3H3/t32-,33-,36?/m1/s1. The van der Waals surface area contributed by atoms with Crippen LogP contribution >= 0.6 is 0 Å². The number of benzene rings is 4. The van der Waals surface area contributed by atoms with Crippen LogP contribution in [0.2, 0.25) is 5.04 Å². The zero-order valence-corrected chi connectivity index (χ0v) is 25.7. The molecule has 5 rings (SSSR count). The normalized spacial score (nSPS) is 19.7. The molecular formula is C37H41FO3Si. The number of hydrogen-bond donors (Lipinski definition) is 1. The van der Waals surface area contributed by atoms with Gasteiger partial charge in [-0.1, -0.05) is 130 Å². The van der Waals surface area contributed by atoms with Gasteiger partial charge in [0, 0.05) is 12.8 Å². The zero-order valence-electron chi connectivity index (χ0n) is 24.7. The van der Waals surface area contributed by atoms with Crippen LogP contribution in [-0.4, -0.2) is 31.9 Å². The second kappa shape index (κ2) is 13.3. The summed E-state index contributed by atoms with van der Waals surface area (Å²) in [5.41, 5.74) is 3.44. The molecule has 0 radical (unpaired) electrons. The number of halogens is 1. The molecule has 5 heteroatoms. The third-order valence-corrected chi connectivity index (χ3v) is 13.3. The molecule has 3 atom stereocenters. The van der Waals surface area contributed by atoms with Crippen molar-refractivity contribution in [1.82, 2.24) is 0 Å². The minimum atomic E-state index is -2.75. The quantitative estimate of drug-likeness (QED) is 0.215. The van der Waals surface area contributed by atoms with Gasteiger partial charge in [0.1, 0.15) is 5.82 Å². The highest BCUT2D eigenvalue weighted by Crippen LogP contribution is 2.39. The topological polar surface area (TPSA) is 38.7 Å². The molecular weight excluding hydrogens is 539 g/mol. The molecule has 0 aliphatic carbocycles. The number of ether oxygens (including phenoxy) is 1. The first-order valence-corrected chi connectivity index (χ1v) is 16.8. The summed E-state index contributed by atoms with van der Waals surface area (Å²) >= 11 is 0. The largest absolute Gasteiger partial charge is 0.404 e. The highest BCUT2D eigenvalue weighted by molar-refractivity contribution is 6.99. The average Bonchev–Trinajstić information content (AvgIpc) is 2.99. The van der Waals surface area contributed by atoms with Gasteiger partial charge < -0.3 is 14.3 Å². The first kappa shape index (κ1) is 30.1. The van der Waals surface area contributed by atoms with Crippen LogP contribution in [0.4, 0.5) is 4.39 Å². The Morgan fingerprint density at radius 2 is 1.40 bits per heavy atom. The smallest absolute Gasteiger partial charge is 0.261 e. The Kier molecular flexibility index (Phi) is 9.54. The maximum Gasteiger partial charge on any atom is 0.261 e. The number of aryl methyl sites for hydroxylation is 2. The summed E-state index contributed by atoms with van der Waals surface area (Å²) < 4.78 is 26.6. The van der Waals surface area contributed by atoms with Crippen molar-refractivity contribution in [3.8, 4) is 0 Å². The summed E-state index contributed by atoms with van der Waals surface area (Å²) in [4.78, 5) is 0. The predicted molar refractivity (Wildman–Crippen MR) is 172 cm³/mol. The zero-order chi connectivity index (χ0) is 29.6. The van der Waals surface area contributed by atoms with Crippen molar-refractivity contribution in [2.24, 2.45) is 0 Å². The Labute approximate surface area is 250 Å². The van der Waals surface area contributed by atoms with Crippen molar-refractivity contribution < 1.29 is 18.7 Å². The van der Waals surface area contributed by atoms with Gasteiger partial charge in [0.2, 0.25) is 0 Å². The van der Waals surface area contributed by atoms with E-state index in [9.17, 15) is 9.50 Å². The van der Waals surface area contributed by atoms with Crippen molar-refractivity contribution in [1.29, 1.82) is 0 Å². The third-order valence-electron chi connectivity index (χ3n) is 8.19. The Morgan fingerprint density at radius 1 is 0.810 bits per heavy atom. The van der Waals surface area contributed by atoms with Gasteiger partial charge in [-0.05, 0) is 57.1 Å².